The van der Waals surface area contributed by atoms with E-state index in [1.165, 1.54) is 12.3 Å². The molecule has 0 heterocycles. The molecule has 0 atom stereocenters. The van der Waals surface area contributed by atoms with Crippen LogP contribution in [0.3, 0.4) is 0 Å². The van der Waals surface area contributed by atoms with E-state index in [0.717, 1.165) is 11.3 Å². The number of hydrazone groups is 1. The van der Waals surface area contributed by atoms with E-state index in [2.05, 4.69) is 22.4 Å². The first-order chi connectivity index (χ1) is 9.65. The molecule has 0 aromatic heterocycles. The summed E-state index contributed by atoms with van der Waals surface area (Å²) in [5, 5.41) is 6.27. The molecule has 1 aromatic carbocycles. The Morgan fingerprint density at radius 3 is 2.60 bits per heavy atom. The zero-order chi connectivity index (χ0) is 14.8. The maximum Gasteiger partial charge on any atom is 0.249 e. The highest BCUT2D eigenvalue weighted by molar-refractivity contribution is 5.97. The van der Waals surface area contributed by atoms with Crippen molar-refractivity contribution in [3.63, 3.8) is 0 Å². The van der Waals surface area contributed by atoms with Gasteiger partial charge in [0.2, 0.25) is 11.8 Å². The van der Waals surface area contributed by atoms with Gasteiger partial charge in [-0.2, -0.15) is 5.10 Å². The Labute approximate surface area is 117 Å². The predicted molar refractivity (Wildman–Crippen MR) is 76.6 cm³/mol. The van der Waals surface area contributed by atoms with Gasteiger partial charge in [-0.15, -0.1) is 6.58 Å². The molecule has 0 bridgehead atoms. The average molecular weight is 275 g/mol. The molecule has 0 saturated carbocycles. The summed E-state index contributed by atoms with van der Waals surface area (Å²) in [4.78, 5) is 22.6. The standard InChI is InChI=1S/C14H17N3O3/c1-3-8-15-13(18)9-14(19)17-16-10-11-4-6-12(20-2)7-5-11/h3-7,10H,1,8-9H2,2H3,(H,15,18)(H,17,19)/b16-10-. The van der Waals surface area contributed by atoms with Crippen molar-refractivity contribution in [3.8, 4) is 5.75 Å². The number of carbonyl (C=O) groups is 2. The molecule has 0 aliphatic heterocycles. The Morgan fingerprint density at radius 1 is 1.30 bits per heavy atom. The van der Waals surface area contributed by atoms with Crippen molar-refractivity contribution in [1.82, 2.24) is 10.7 Å². The zero-order valence-corrected chi connectivity index (χ0v) is 11.3. The molecule has 0 unspecified atom stereocenters. The molecular formula is C14H17N3O3. The van der Waals surface area contributed by atoms with Crippen LogP contribution < -0.4 is 15.5 Å². The SMILES string of the molecule is C=CCNC(=O)CC(=O)N/N=C\c1ccc(OC)cc1. The number of benzene rings is 1. The van der Waals surface area contributed by atoms with Crippen LogP contribution in [0.5, 0.6) is 5.75 Å². The summed E-state index contributed by atoms with van der Waals surface area (Å²) in [6.07, 6.45) is 2.75. The minimum Gasteiger partial charge on any atom is -0.497 e. The lowest BCUT2D eigenvalue weighted by Gasteiger charge is -2.01. The van der Waals surface area contributed by atoms with E-state index < -0.39 is 5.91 Å². The van der Waals surface area contributed by atoms with Crippen LogP contribution in [-0.2, 0) is 9.59 Å². The van der Waals surface area contributed by atoms with Gasteiger partial charge in [0.05, 0.1) is 13.3 Å². The van der Waals surface area contributed by atoms with Gasteiger partial charge in [0.1, 0.15) is 12.2 Å². The van der Waals surface area contributed by atoms with E-state index in [9.17, 15) is 9.59 Å². The number of hydrogen-bond acceptors (Lipinski definition) is 4. The number of ether oxygens (including phenoxy) is 1. The Bertz CT molecular complexity index is 495. The summed E-state index contributed by atoms with van der Waals surface area (Å²) in [5.41, 5.74) is 3.09. The van der Waals surface area contributed by atoms with Crippen molar-refractivity contribution in [2.45, 2.75) is 6.42 Å². The number of methoxy groups -OCH3 is 1. The van der Waals surface area contributed by atoms with Crippen LogP contribution in [0.25, 0.3) is 0 Å². The maximum atomic E-state index is 11.4. The molecule has 2 amide bonds. The average Bonchev–Trinajstić information content (AvgIpc) is 2.45. The Morgan fingerprint density at radius 2 is 2.00 bits per heavy atom. The predicted octanol–water partition coefficient (Wildman–Crippen LogP) is 0.838. The van der Waals surface area contributed by atoms with E-state index in [1.54, 1.807) is 31.4 Å². The first-order valence-corrected chi connectivity index (χ1v) is 5.99. The van der Waals surface area contributed by atoms with E-state index >= 15 is 0 Å². The van der Waals surface area contributed by atoms with Gasteiger partial charge in [-0.25, -0.2) is 5.43 Å². The zero-order valence-electron chi connectivity index (χ0n) is 11.3. The molecule has 0 radical (unpaired) electrons. The Balaban J connectivity index is 2.37. The lowest BCUT2D eigenvalue weighted by Crippen LogP contribution is -2.29. The normalized spacial score (nSPS) is 10.1. The minimum absolute atomic E-state index is 0.270. The van der Waals surface area contributed by atoms with Crippen molar-refractivity contribution in [2.24, 2.45) is 5.10 Å². The third-order valence-corrected chi connectivity index (χ3v) is 2.28. The molecule has 0 aliphatic rings. The molecule has 106 valence electrons. The van der Waals surface area contributed by atoms with Gasteiger partial charge in [-0.1, -0.05) is 6.08 Å². The summed E-state index contributed by atoms with van der Waals surface area (Å²) < 4.78 is 5.02. The van der Waals surface area contributed by atoms with Crippen LogP contribution in [-0.4, -0.2) is 31.7 Å². The maximum absolute atomic E-state index is 11.4. The van der Waals surface area contributed by atoms with Gasteiger partial charge in [-0.05, 0) is 29.8 Å². The second-order valence-electron chi connectivity index (χ2n) is 3.84. The second kappa shape index (κ2) is 8.47. The number of nitrogens with one attached hydrogen (secondary N) is 2. The molecular weight excluding hydrogens is 258 g/mol. The van der Waals surface area contributed by atoms with Crippen molar-refractivity contribution in [1.29, 1.82) is 0 Å². The van der Waals surface area contributed by atoms with Gasteiger partial charge < -0.3 is 10.1 Å². The van der Waals surface area contributed by atoms with Crippen molar-refractivity contribution in [2.75, 3.05) is 13.7 Å². The van der Waals surface area contributed by atoms with Crippen molar-refractivity contribution in [3.05, 3.63) is 42.5 Å². The third kappa shape index (κ3) is 5.81. The minimum atomic E-state index is -0.476. The Hall–Kier alpha value is -2.63. The van der Waals surface area contributed by atoms with E-state index in [-0.39, 0.29) is 12.3 Å². The van der Waals surface area contributed by atoms with Crippen LogP contribution in [0.1, 0.15) is 12.0 Å². The molecule has 0 saturated heterocycles. The Kier molecular flexibility index (Phi) is 6.53. The van der Waals surface area contributed by atoms with Crippen LogP contribution in [0.4, 0.5) is 0 Å². The van der Waals surface area contributed by atoms with Crippen LogP contribution >= 0.6 is 0 Å². The highest BCUT2D eigenvalue weighted by Crippen LogP contribution is 2.09. The topological polar surface area (TPSA) is 79.8 Å². The van der Waals surface area contributed by atoms with E-state index in [1.807, 2.05) is 0 Å². The summed E-state index contributed by atoms with van der Waals surface area (Å²) in [7, 11) is 1.58. The van der Waals surface area contributed by atoms with Crippen LogP contribution in [0.2, 0.25) is 0 Å². The number of nitrogens with zero attached hydrogens (tertiary/aromatic N) is 1. The number of rotatable bonds is 7. The van der Waals surface area contributed by atoms with Crippen molar-refractivity contribution >= 4 is 18.0 Å². The molecule has 6 nitrogen and oxygen atoms in total. The van der Waals surface area contributed by atoms with Gasteiger partial charge in [0, 0.05) is 6.54 Å². The fraction of sp³-hybridized carbons (Fsp3) is 0.214. The fourth-order valence-electron chi connectivity index (χ4n) is 1.30. The highest BCUT2D eigenvalue weighted by atomic mass is 16.5. The summed E-state index contributed by atoms with van der Waals surface area (Å²) in [5.74, 6) is -0.108. The second-order valence-corrected chi connectivity index (χ2v) is 3.84. The number of carbonyl (C=O) groups excluding carboxylic acids is 2. The molecule has 1 aromatic rings. The summed E-state index contributed by atoms with van der Waals surface area (Å²) >= 11 is 0. The van der Waals surface area contributed by atoms with Gasteiger partial charge in [0.25, 0.3) is 0 Å². The van der Waals surface area contributed by atoms with Gasteiger partial charge >= 0.3 is 0 Å². The fourth-order valence-corrected chi connectivity index (χ4v) is 1.30. The smallest absolute Gasteiger partial charge is 0.249 e. The molecule has 0 spiro atoms. The number of hydrogen-bond donors (Lipinski definition) is 2. The van der Waals surface area contributed by atoms with Crippen LogP contribution in [0, 0.1) is 0 Å². The van der Waals surface area contributed by atoms with Crippen molar-refractivity contribution < 1.29 is 14.3 Å². The first kappa shape index (κ1) is 15.4. The summed E-state index contributed by atoms with van der Waals surface area (Å²) in [6.45, 7) is 3.79. The quantitative estimate of drug-likeness (QED) is 0.335. The number of amides is 2. The first-order valence-electron chi connectivity index (χ1n) is 5.99. The molecule has 20 heavy (non-hydrogen) atoms. The monoisotopic (exact) mass is 275 g/mol. The van der Waals surface area contributed by atoms with Crippen LogP contribution in [0.15, 0.2) is 42.0 Å². The molecule has 0 aliphatic carbocycles. The largest absolute Gasteiger partial charge is 0.497 e. The summed E-state index contributed by atoms with van der Waals surface area (Å²) in [6, 6.07) is 7.16. The third-order valence-electron chi connectivity index (χ3n) is 2.28. The van der Waals surface area contributed by atoms with E-state index in [4.69, 9.17) is 4.74 Å². The van der Waals surface area contributed by atoms with Gasteiger partial charge in [-0.3, -0.25) is 9.59 Å². The van der Waals surface area contributed by atoms with E-state index in [0.29, 0.717) is 6.54 Å². The molecule has 6 heteroatoms. The molecule has 1 rings (SSSR count). The highest BCUT2D eigenvalue weighted by Gasteiger charge is 2.06. The lowest BCUT2D eigenvalue weighted by atomic mass is 10.2. The lowest BCUT2D eigenvalue weighted by molar-refractivity contribution is -0.129. The molecule has 0 fully saturated rings. The molecule has 2 N–H and O–H groups in total. The van der Waals surface area contributed by atoms with Gasteiger partial charge in [0.15, 0.2) is 0 Å².